The lowest BCUT2D eigenvalue weighted by atomic mass is 10.2. The van der Waals surface area contributed by atoms with Crippen molar-refractivity contribution in [2.75, 3.05) is 0 Å². The molecule has 0 aliphatic rings. The Morgan fingerprint density at radius 3 is 2.81 bits per heavy atom. The Balaban J connectivity index is 2.43. The molecule has 0 radical (unpaired) electrons. The summed E-state index contributed by atoms with van der Waals surface area (Å²) >= 11 is 0. The van der Waals surface area contributed by atoms with E-state index in [0.717, 1.165) is 5.56 Å². The predicted molar refractivity (Wildman–Crippen MR) is 59.0 cm³/mol. The number of pyridine rings is 1. The molecule has 16 heavy (non-hydrogen) atoms. The highest BCUT2D eigenvalue weighted by atomic mass is 16.6. The third-order valence-corrected chi connectivity index (χ3v) is 1.65. The lowest BCUT2D eigenvalue weighted by Gasteiger charge is -2.19. The molecular weight excluding hydrogens is 208 g/mol. The maximum absolute atomic E-state index is 11.3. The number of alkyl carbamates (subject to hydrolysis) is 1. The van der Waals surface area contributed by atoms with Crippen molar-refractivity contribution in [2.45, 2.75) is 32.9 Å². The van der Waals surface area contributed by atoms with Gasteiger partial charge in [-0.2, -0.15) is 0 Å². The van der Waals surface area contributed by atoms with E-state index in [2.05, 4.69) is 10.3 Å². The van der Waals surface area contributed by atoms with Crippen LogP contribution in [0.15, 0.2) is 18.3 Å². The molecule has 1 rings (SSSR count). The number of carbonyl (C=O) groups excluding carboxylic acids is 1. The van der Waals surface area contributed by atoms with Crippen molar-refractivity contribution < 1.29 is 14.6 Å². The van der Waals surface area contributed by atoms with Gasteiger partial charge in [0.05, 0.1) is 0 Å². The van der Waals surface area contributed by atoms with Gasteiger partial charge in [-0.15, -0.1) is 0 Å². The number of nitrogens with zero attached hydrogens (tertiary/aromatic N) is 1. The lowest BCUT2D eigenvalue weighted by molar-refractivity contribution is 0.0523. The number of aromatic nitrogens is 1. The van der Waals surface area contributed by atoms with Crippen LogP contribution in [-0.4, -0.2) is 21.8 Å². The predicted octanol–water partition coefficient (Wildman–Crippen LogP) is 1.81. The van der Waals surface area contributed by atoms with E-state index in [1.54, 1.807) is 26.8 Å². The van der Waals surface area contributed by atoms with Crippen molar-refractivity contribution in [3.63, 3.8) is 0 Å². The zero-order chi connectivity index (χ0) is 12.2. The van der Waals surface area contributed by atoms with Crippen LogP contribution in [0, 0.1) is 0 Å². The largest absolute Gasteiger partial charge is 0.493 e. The number of nitrogens with one attached hydrogen (secondary N) is 1. The van der Waals surface area contributed by atoms with Gasteiger partial charge in [0.15, 0.2) is 0 Å². The summed E-state index contributed by atoms with van der Waals surface area (Å²) < 4.78 is 5.06. The Kier molecular flexibility index (Phi) is 3.71. The van der Waals surface area contributed by atoms with E-state index < -0.39 is 11.7 Å². The molecule has 1 aromatic heterocycles. The van der Waals surface area contributed by atoms with Crippen LogP contribution in [0.3, 0.4) is 0 Å². The minimum atomic E-state index is -0.509. The van der Waals surface area contributed by atoms with E-state index in [1.807, 2.05) is 0 Å². The van der Waals surface area contributed by atoms with Crippen molar-refractivity contribution in [1.82, 2.24) is 10.3 Å². The zero-order valence-electron chi connectivity index (χ0n) is 9.65. The summed E-state index contributed by atoms with van der Waals surface area (Å²) in [4.78, 5) is 14.9. The highest BCUT2D eigenvalue weighted by Gasteiger charge is 2.15. The Bertz CT molecular complexity index is 372. The van der Waals surface area contributed by atoms with Gasteiger partial charge < -0.3 is 15.2 Å². The molecule has 0 spiro atoms. The summed E-state index contributed by atoms with van der Waals surface area (Å²) in [5.74, 6) is -0.0662. The molecule has 0 saturated heterocycles. The van der Waals surface area contributed by atoms with Crippen LogP contribution in [0.5, 0.6) is 5.88 Å². The molecule has 2 N–H and O–H groups in total. The minimum Gasteiger partial charge on any atom is -0.493 e. The molecule has 0 bridgehead atoms. The van der Waals surface area contributed by atoms with E-state index in [9.17, 15) is 4.79 Å². The molecule has 0 atom stereocenters. The average Bonchev–Trinajstić information content (AvgIpc) is 2.12. The Morgan fingerprint density at radius 2 is 2.25 bits per heavy atom. The summed E-state index contributed by atoms with van der Waals surface area (Å²) in [6.45, 7) is 5.69. The summed E-state index contributed by atoms with van der Waals surface area (Å²) in [5.41, 5.74) is 0.253. The van der Waals surface area contributed by atoms with Gasteiger partial charge in [-0.3, -0.25) is 0 Å². The van der Waals surface area contributed by atoms with Gasteiger partial charge >= 0.3 is 6.09 Å². The summed E-state index contributed by atoms with van der Waals surface area (Å²) in [7, 11) is 0. The first-order valence-electron chi connectivity index (χ1n) is 4.97. The fraction of sp³-hybridized carbons (Fsp3) is 0.455. The van der Waals surface area contributed by atoms with Crippen LogP contribution in [0.1, 0.15) is 26.3 Å². The number of hydrogen-bond donors (Lipinski definition) is 2. The second kappa shape index (κ2) is 4.83. The highest BCUT2D eigenvalue weighted by molar-refractivity contribution is 5.67. The molecule has 1 aromatic rings. The van der Waals surface area contributed by atoms with Crippen LogP contribution in [0.2, 0.25) is 0 Å². The maximum atomic E-state index is 11.3. The number of amides is 1. The molecule has 0 aliphatic heterocycles. The molecule has 1 amide bonds. The fourth-order valence-electron chi connectivity index (χ4n) is 1.06. The van der Waals surface area contributed by atoms with E-state index in [4.69, 9.17) is 9.84 Å². The molecule has 5 nitrogen and oxygen atoms in total. The number of aromatic hydroxyl groups is 1. The van der Waals surface area contributed by atoms with Gasteiger partial charge in [0.25, 0.3) is 0 Å². The Hall–Kier alpha value is -1.78. The third kappa shape index (κ3) is 4.63. The van der Waals surface area contributed by atoms with Crippen LogP contribution in [0.4, 0.5) is 4.79 Å². The van der Waals surface area contributed by atoms with E-state index in [0.29, 0.717) is 6.54 Å². The number of rotatable bonds is 2. The molecular formula is C11H16N2O3. The Morgan fingerprint density at radius 1 is 1.56 bits per heavy atom. The van der Waals surface area contributed by atoms with E-state index in [1.165, 1.54) is 12.3 Å². The molecule has 0 saturated carbocycles. The number of ether oxygens (including phenoxy) is 1. The van der Waals surface area contributed by atoms with Gasteiger partial charge in [0, 0.05) is 18.8 Å². The molecule has 88 valence electrons. The van der Waals surface area contributed by atoms with Crippen molar-refractivity contribution >= 4 is 6.09 Å². The molecule has 0 fully saturated rings. The smallest absolute Gasteiger partial charge is 0.407 e. The molecule has 0 aromatic carbocycles. The lowest BCUT2D eigenvalue weighted by Crippen LogP contribution is -2.32. The third-order valence-electron chi connectivity index (χ3n) is 1.65. The molecule has 5 heteroatoms. The van der Waals surface area contributed by atoms with Gasteiger partial charge in [0.2, 0.25) is 5.88 Å². The summed E-state index contributed by atoms with van der Waals surface area (Å²) in [6, 6.07) is 3.19. The zero-order valence-corrected chi connectivity index (χ0v) is 9.65. The quantitative estimate of drug-likeness (QED) is 0.803. The second-order valence-corrected chi connectivity index (χ2v) is 4.38. The van der Waals surface area contributed by atoms with Crippen LogP contribution in [-0.2, 0) is 11.3 Å². The summed E-state index contributed by atoms with van der Waals surface area (Å²) in [5, 5.41) is 11.7. The van der Waals surface area contributed by atoms with E-state index in [-0.39, 0.29) is 5.88 Å². The van der Waals surface area contributed by atoms with Gasteiger partial charge in [-0.05, 0) is 32.4 Å². The average molecular weight is 224 g/mol. The highest BCUT2D eigenvalue weighted by Crippen LogP contribution is 2.08. The number of carbonyl (C=O) groups is 1. The molecule has 0 unspecified atom stereocenters. The normalized spacial score (nSPS) is 10.9. The molecule has 1 heterocycles. The topological polar surface area (TPSA) is 71.5 Å². The van der Waals surface area contributed by atoms with Crippen molar-refractivity contribution in [2.24, 2.45) is 0 Å². The maximum Gasteiger partial charge on any atom is 0.407 e. The minimum absolute atomic E-state index is 0.0662. The fourth-order valence-corrected chi connectivity index (χ4v) is 1.06. The van der Waals surface area contributed by atoms with Crippen LogP contribution < -0.4 is 5.32 Å². The van der Waals surface area contributed by atoms with Crippen molar-refractivity contribution in [3.8, 4) is 5.88 Å². The second-order valence-electron chi connectivity index (χ2n) is 4.38. The van der Waals surface area contributed by atoms with Gasteiger partial charge in [-0.25, -0.2) is 9.78 Å². The Labute approximate surface area is 94.5 Å². The van der Waals surface area contributed by atoms with Crippen molar-refractivity contribution in [3.05, 3.63) is 23.9 Å². The van der Waals surface area contributed by atoms with E-state index >= 15 is 0 Å². The first kappa shape index (κ1) is 12.3. The molecule has 0 aliphatic carbocycles. The van der Waals surface area contributed by atoms with Gasteiger partial charge in [-0.1, -0.05) is 0 Å². The summed E-state index contributed by atoms with van der Waals surface area (Å²) in [6.07, 6.45) is 0.991. The van der Waals surface area contributed by atoms with Gasteiger partial charge in [0.1, 0.15) is 5.60 Å². The first-order valence-corrected chi connectivity index (χ1v) is 4.97. The number of hydrogen-bond acceptors (Lipinski definition) is 4. The van der Waals surface area contributed by atoms with Crippen molar-refractivity contribution in [1.29, 1.82) is 0 Å². The monoisotopic (exact) mass is 224 g/mol. The van der Waals surface area contributed by atoms with Crippen LogP contribution >= 0.6 is 0 Å². The van der Waals surface area contributed by atoms with Crippen LogP contribution in [0.25, 0.3) is 0 Å². The standard InChI is InChI=1S/C11H16N2O3/c1-11(2,3)16-10(15)13-7-8-4-5-12-9(14)6-8/h4-6H,7H2,1-3H3,(H,12,14)(H,13,15). The SMILES string of the molecule is CC(C)(C)OC(=O)NCc1ccnc(O)c1. The first-order chi connectivity index (χ1) is 7.37.